The standard InChI is InChI=1S/C13H19BrOS/c1-2-13(7-4-3-5-8-13)12(15)11-10(14)6-9-16-11/h6,9,12,15H,2-5,7-8H2,1H3. The Morgan fingerprint density at radius 1 is 1.44 bits per heavy atom. The van der Waals surface area contributed by atoms with Gasteiger partial charge >= 0.3 is 0 Å². The first-order valence-corrected chi connectivity index (χ1v) is 7.78. The Hall–Kier alpha value is 0.140. The minimum absolute atomic E-state index is 0.131. The molecular formula is C13H19BrOS. The third kappa shape index (κ3) is 2.22. The topological polar surface area (TPSA) is 20.2 Å². The summed E-state index contributed by atoms with van der Waals surface area (Å²) in [5, 5.41) is 12.7. The lowest BCUT2D eigenvalue weighted by Crippen LogP contribution is -2.30. The molecule has 0 radical (unpaired) electrons. The molecule has 1 aliphatic rings. The first-order valence-electron chi connectivity index (χ1n) is 6.10. The smallest absolute Gasteiger partial charge is 0.0949 e. The monoisotopic (exact) mass is 302 g/mol. The number of hydrogen-bond acceptors (Lipinski definition) is 2. The average molecular weight is 303 g/mol. The molecule has 3 heteroatoms. The van der Waals surface area contributed by atoms with E-state index in [4.69, 9.17) is 0 Å². The number of aliphatic hydroxyl groups excluding tert-OH is 1. The summed E-state index contributed by atoms with van der Waals surface area (Å²) < 4.78 is 1.07. The van der Waals surface area contributed by atoms with Crippen molar-refractivity contribution in [2.45, 2.75) is 51.6 Å². The first kappa shape index (κ1) is 12.6. The normalized spacial score (nSPS) is 21.9. The third-order valence-corrected chi connectivity index (χ3v) is 5.95. The van der Waals surface area contributed by atoms with E-state index in [1.807, 2.05) is 6.07 Å². The number of hydrogen-bond donors (Lipinski definition) is 1. The molecular weight excluding hydrogens is 284 g/mol. The largest absolute Gasteiger partial charge is 0.387 e. The van der Waals surface area contributed by atoms with Gasteiger partial charge in [-0.3, -0.25) is 0 Å². The SMILES string of the molecule is CCC1(C(O)c2sccc2Br)CCCCC1. The van der Waals surface area contributed by atoms with E-state index >= 15 is 0 Å². The molecule has 16 heavy (non-hydrogen) atoms. The molecule has 0 bridgehead atoms. The third-order valence-electron chi connectivity index (χ3n) is 4.03. The van der Waals surface area contributed by atoms with Crippen LogP contribution in [-0.4, -0.2) is 5.11 Å². The van der Waals surface area contributed by atoms with Gasteiger partial charge in [0.15, 0.2) is 0 Å². The Bertz CT molecular complexity index is 341. The summed E-state index contributed by atoms with van der Waals surface area (Å²) in [6, 6.07) is 2.04. The fraction of sp³-hybridized carbons (Fsp3) is 0.692. The fourth-order valence-electron chi connectivity index (χ4n) is 2.85. The van der Waals surface area contributed by atoms with Gasteiger partial charge < -0.3 is 5.11 Å². The van der Waals surface area contributed by atoms with Gasteiger partial charge in [-0.15, -0.1) is 11.3 Å². The van der Waals surface area contributed by atoms with Crippen LogP contribution in [0.2, 0.25) is 0 Å². The predicted octanol–water partition coefficient (Wildman–Crippen LogP) is 4.90. The highest BCUT2D eigenvalue weighted by atomic mass is 79.9. The molecule has 1 unspecified atom stereocenters. The molecule has 0 saturated heterocycles. The van der Waals surface area contributed by atoms with E-state index in [9.17, 15) is 5.11 Å². The molecule has 2 rings (SSSR count). The van der Waals surface area contributed by atoms with Gasteiger partial charge in [0.05, 0.1) is 6.10 Å². The maximum atomic E-state index is 10.6. The number of halogens is 1. The maximum absolute atomic E-state index is 10.6. The molecule has 0 spiro atoms. The van der Waals surface area contributed by atoms with Gasteiger partial charge in [-0.1, -0.05) is 26.2 Å². The van der Waals surface area contributed by atoms with E-state index in [-0.39, 0.29) is 11.5 Å². The Morgan fingerprint density at radius 2 is 2.12 bits per heavy atom. The van der Waals surface area contributed by atoms with Gasteiger partial charge in [0.25, 0.3) is 0 Å². The molecule has 1 nitrogen and oxygen atoms in total. The molecule has 90 valence electrons. The Kier molecular flexibility index (Phi) is 4.09. The number of rotatable bonds is 3. The van der Waals surface area contributed by atoms with Crippen LogP contribution in [0, 0.1) is 5.41 Å². The summed E-state index contributed by atoms with van der Waals surface area (Å²) >= 11 is 5.21. The number of thiophene rings is 1. The lowest BCUT2D eigenvalue weighted by Gasteiger charge is -2.40. The summed E-state index contributed by atoms with van der Waals surface area (Å²) in [6.07, 6.45) is 7.02. The second kappa shape index (κ2) is 5.19. The van der Waals surface area contributed by atoms with Crippen LogP contribution < -0.4 is 0 Å². The molecule has 1 aliphatic carbocycles. The second-order valence-corrected chi connectivity index (χ2v) is 6.61. The van der Waals surface area contributed by atoms with Crippen LogP contribution in [0.1, 0.15) is 56.4 Å². The van der Waals surface area contributed by atoms with E-state index < -0.39 is 0 Å². The maximum Gasteiger partial charge on any atom is 0.0949 e. The highest BCUT2D eigenvalue weighted by Crippen LogP contribution is 2.50. The van der Waals surface area contributed by atoms with Crippen molar-refractivity contribution in [3.05, 3.63) is 20.8 Å². The minimum Gasteiger partial charge on any atom is -0.387 e. The van der Waals surface area contributed by atoms with Crippen molar-refractivity contribution in [3.63, 3.8) is 0 Å². The summed E-state index contributed by atoms with van der Waals surface area (Å²) in [6.45, 7) is 2.22. The average Bonchev–Trinajstić information content (AvgIpc) is 2.75. The summed E-state index contributed by atoms with van der Waals surface area (Å²) in [7, 11) is 0. The Balaban J connectivity index is 2.24. The zero-order chi connectivity index (χ0) is 11.6. The molecule has 0 aliphatic heterocycles. The van der Waals surface area contributed by atoms with E-state index in [0.717, 1.165) is 15.8 Å². The van der Waals surface area contributed by atoms with E-state index in [1.54, 1.807) is 11.3 Å². The van der Waals surface area contributed by atoms with E-state index in [0.29, 0.717) is 0 Å². The van der Waals surface area contributed by atoms with Crippen LogP contribution >= 0.6 is 27.3 Å². The Morgan fingerprint density at radius 3 is 2.62 bits per heavy atom. The van der Waals surface area contributed by atoms with Gasteiger partial charge in [0, 0.05) is 14.8 Å². The van der Waals surface area contributed by atoms with Crippen LogP contribution in [0.25, 0.3) is 0 Å². The quantitative estimate of drug-likeness (QED) is 0.841. The highest BCUT2D eigenvalue weighted by Gasteiger charge is 2.39. The number of aliphatic hydroxyl groups is 1. The van der Waals surface area contributed by atoms with Crippen LogP contribution in [0.3, 0.4) is 0 Å². The molecule has 1 aromatic heterocycles. The zero-order valence-electron chi connectivity index (χ0n) is 9.71. The molecule has 1 N–H and O–H groups in total. The first-order chi connectivity index (χ1) is 7.69. The molecule has 1 fully saturated rings. The van der Waals surface area contributed by atoms with Crippen molar-refractivity contribution >= 4 is 27.3 Å². The highest BCUT2D eigenvalue weighted by molar-refractivity contribution is 9.10. The zero-order valence-corrected chi connectivity index (χ0v) is 12.1. The van der Waals surface area contributed by atoms with Gasteiger partial charge in [-0.2, -0.15) is 0 Å². The van der Waals surface area contributed by atoms with Crippen LogP contribution in [0.5, 0.6) is 0 Å². The van der Waals surface area contributed by atoms with E-state index in [2.05, 4.69) is 28.2 Å². The van der Waals surface area contributed by atoms with E-state index in [1.165, 1.54) is 32.1 Å². The summed E-state index contributed by atoms with van der Waals surface area (Å²) in [4.78, 5) is 1.11. The van der Waals surface area contributed by atoms with Crippen molar-refractivity contribution in [1.29, 1.82) is 0 Å². The van der Waals surface area contributed by atoms with Crippen molar-refractivity contribution in [2.24, 2.45) is 5.41 Å². The molecule has 0 aromatic carbocycles. The van der Waals surface area contributed by atoms with Crippen LogP contribution in [-0.2, 0) is 0 Å². The van der Waals surface area contributed by atoms with Gasteiger partial charge in [-0.05, 0) is 46.6 Å². The van der Waals surface area contributed by atoms with Crippen molar-refractivity contribution in [2.75, 3.05) is 0 Å². The van der Waals surface area contributed by atoms with Crippen molar-refractivity contribution in [3.8, 4) is 0 Å². The van der Waals surface area contributed by atoms with Gasteiger partial charge in [0.1, 0.15) is 0 Å². The van der Waals surface area contributed by atoms with Crippen LogP contribution in [0.4, 0.5) is 0 Å². The molecule has 1 atom stereocenters. The van der Waals surface area contributed by atoms with Crippen molar-refractivity contribution < 1.29 is 5.11 Å². The second-order valence-electron chi connectivity index (χ2n) is 4.81. The summed E-state index contributed by atoms with van der Waals surface area (Å²) in [5.74, 6) is 0. The van der Waals surface area contributed by atoms with Gasteiger partial charge in [0.2, 0.25) is 0 Å². The molecule has 1 saturated carbocycles. The minimum atomic E-state index is -0.285. The molecule has 1 aromatic rings. The van der Waals surface area contributed by atoms with Crippen molar-refractivity contribution in [1.82, 2.24) is 0 Å². The lowest BCUT2D eigenvalue weighted by molar-refractivity contribution is -0.00716. The van der Waals surface area contributed by atoms with Gasteiger partial charge in [-0.25, -0.2) is 0 Å². The molecule has 0 amide bonds. The predicted molar refractivity (Wildman–Crippen MR) is 72.8 cm³/mol. The lowest BCUT2D eigenvalue weighted by atomic mass is 9.68. The Labute approximate surface area is 110 Å². The summed E-state index contributed by atoms with van der Waals surface area (Å²) in [5.41, 5.74) is 0.131. The fourth-order valence-corrected chi connectivity index (χ4v) is 4.57. The molecule has 1 heterocycles. The van der Waals surface area contributed by atoms with Crippen LogP contribution in [0.15, 0.2) is 15.9 Å².